The second-order valence-corrected chi connectivity index (χ2v) is 4.35. The van der Waals surface area contributed by atoms with Gasteiger partial charge in [0.15, 0.2) is 0 Å². The summed E-state index contributed by atoms with van der Waals surface area (Å²) in [6.45, 7) is 6.00. The van der Waals surface area contributed by atoms with Gasteiger partial charge in [0.05, 0.1) is 5.02 Å². The molecule has 1 rings (SSSR count). The van der Waals surface area contributed by atoms with E-state index in [1.807, 2.05) is 20.8 Å². The number of halogens is 1. The maximum Gasteiger partial charge on any atom is 0.139 e. The molecule has 3 heteroatoms. The molecule has 2 nitrogen and oxygen atoms in total. The van der Waals surface area contributed by atoms with E-state index in [9.17, 15) is 0 Å². The van der Waals surface area contributed by atoms with Gasteiger partial charge >= 0.3 is 0 Å². The molecule has 0 radical (unpaired) electrons. The van der Waals surface area contributed by atoms with Crippen LogP contribution in [0.5, 0.6) is 5.75 Å². The smallest absolute Gasteiger partial charge is 0.139 e. The molecule has 15 heavy (non-hydrogen) atoms. The first-order valence-electron chi connectivity index (χ1n) is 4.88. The molecule has 1 aromatic carbocycles. The first kappa shape index (κ1) is 11.9. The van der Waals surface area contributed by atoms with Crippen LogP contribution in [0.25, 0.3) is 0 Å². The van der Waals surface area contributed by atoms with Crippen molar-refractivity contribution < 1.29 is 4.74 Å². The lowest BCUT2D eigenvalue weighted by Crippen LogP contribution is -2.27. The van der Waals surface area contributed by atoms with Crippen LogP contribution in [-0.4, -0.2) is 5.60 Å². The largest absolute Gasteiger partial charge is 0.486 e. The lowest BCUT2D eigenvalue weighted by molar-refractivity contribution is 0.105. The number of benzene rings is 1. The van der Waals surface area contributed by atoms with E-state index in [0.717, 1.165) is 6.42 Å². The molecule has 0 aliphatic carbocycles. The SMILES string of the molecule is CCC(C)(C)Oc1cccc(Cl)c1C#N. The highest BCUT2D eigenvalue weighted by molar-refractivity contribution is 6.31. The van der Waals surface area contributed by atoms with E-state index in [1.54, 1.807) is 18.2 Å². The Hall–Kier alpha value is -1.20. The van der Waals surface area contributed by atoms with Crippen molar-refractivity contribution in [2.24, 2.45) is 0 Å². The predicted molar refractivity (Wildman–Crippen MR) is 61.2 cm³/mol. The van der Waals surface area contributed by atoms with Gasteiger partial charge in [-0.25, -0.2) is 0 Å². The van der Waals surface area contributed by atoms with Crippen LogP contribution in [0.15, 0.2) is 18.2 Å². The minimum absolute atomic E-state index is 0.281. The lowest BCUT2D eigenvalue weighted by Gasteiger charge is -2.25. The third-order valence-electron chi connectivity index (χ3n) is 2.32. The fraction of sp³-hybridized carbons (Fsp3) is 0.417. The molecule has 0 unspecified atom stereocenters. The third-order valence-corrected chi connectivity index (χ3v) is 2.64. The Kier molecular flexibility index (Phi) is 3.60. The molecule has 80 valence electrons. The summed E-state index contributed by atoms with van der Waals surface area (Å²) >= 11 is 5.90. The normalized spacial score (nSPS) is 10.9. The molecule has 0 N–H and O–H groups in total. The van der Waals surface area contributed by atoms with Gasteiger partial charge in [-0.1, -0.05) is 24.6 Å². The summed E-state index contributed by atoms with van der Waals surface area (Å²) in [5.41, 5.74) is 0.122. The van der Waals surface area contributed by atoms with Crippen LogP contribution in [0.3, 0.4) is 0 Å². The standard InChI is InChI=1S/C12H14ClNO/c1-4-12(2,3)15-11-7-5-6-10(13)9(11)8-14/h5-7H,4H2,1-3H3. The number of nitriles is 1. The predicted octanol–water partition coefficient (Wildman–Crippen LogP) is 3.78. The van der Waals surface area contributed by atoms with Gasteiger partial charge < -0.3 is 4.74 Å². The first-order valence-corrected chi connectivity index (χ1v) is 5.25. The zero-order chi connectivity index (χ0) is 11.5. The zero-order valence-corrected chi connectivity index (χ0v) is 9.93. The minimum Gasteiger partial charge on any atom is -0.486 e. The van der Waals surface area contributed by atoms with Crippen LogP contribution >= 0.6 is 11.6 Å². The molecule has 0 saturated carbocycles. The fourth-order valence-corrected chi connectivity index (χ4v) is 1.28. The summed E-state index contributed by atoms with van der Waals surface area (Å²) in [6.07, 6.45) is 0.865. The van der Waals surface area contributed by atoms with E-state index >= 15 is 0 Å². The zero-order valence-electron chi connectivity index (χ0n) is 9.17. The Bertz CT molecular complexity index is 393. The molecule has 0 aliphatic rings. The van der Waals surface area contributed by atoms with Crippen molar-refractivity contribution in [3.63, 3.8) is 0 Å². The Morgan fingerprint density at radius 2 is 2.13 bits per heavy atom. The van der Waals surface area contributed by atoms with Crippen LogP contribution in [-0.2, 0) is 0 Å². The first-order chi connectivity index (χ1) is 7.00. The Labute approximate surface area is 95.4 Å². The van der Waals surface area contributed by atoms with Crippen molar-refractivity contribution in [3.8, 4) is 11.8 Å². The van der Waals surface area contributed by atoms with E-state index in [0.29, 0.717) is 16.3 Å². The second kappa shape index (κ2) is 4.55. The maximum absolute atomic E-state index is 8.95. The molecule has 0 bridgehead atoms. The highest BCUT2D eigenvalue weighted by atomic mass is 35.5. The maximum atomic E-state index is 8.95. The van der Waals surface area contributed by atoms with Crippen LogP contribution in [0.4, 0.5) is 0 Å². The summed E-state index contributed by atoms with van der Waals surface area (Å²) < 4.78 is 5.75. The molecule has 0 aliphatic heterocycles. The van der Waals surface area contributed by atoms with Gasteiger partial charge in [-0.2, -0.15) is 5.26 Å². The van der Waals surface area contributed by atoms with E-state index < -0.39 is 0 Å². The van der Waals surface area contributed by atoms with Crippen LogP contribution < -0.4 is 4.74 Å². The number of ether oxygens (including phenoxy) is 1. The molecule has 0 amide bonds. The van der Waals surface area contributed by atoms with Gasteiger partial charge in [0, 0.05) is 0 Å². The van der Waals surface area contributed by atoms with Gasteiger partial charge in [0.1, 0.15) is 23.0 Å². The summed E-state index contributed by atoms with van der Waals surface area (Å²) in [7, 11) is 0. The quantitative estimate of drug-likeness (QED) is 0.781. The van der Waals surface area contributed by atoms with Gasteiger partial charge in [0.25, 0.3) is 0 Å². The molecular formula is C12H14ClNO. The third kappa shape index (κ3) is 2.87. The molecular weight excluding hydrogens is 210 g/mol. The summed E-state index contributed by atoms with van der Waals surface area (Å²) in [5.74, 6) is 0.553. The Morgan fingerprint density at radius 3 is 2.67 bits per heavy atom. The van der Waals surface area contributed by atoms with Crippen LogP contribution in [0.2, 0.25) is 5.02 Å². The number of hydrogen-bond donors (Lipinski definition) is 0. The average molecular weight is 224 g/mol. The summed E-state index contributed by atoms with van der Waals surface area (Å²) in [5, 5.41) is 9.39. The van der Waals surface area contributed by atoms with Crippen molar-refractivity contribution in [1.82, 2.24) is 0 Å². The Morgan fingerprint density at radius 1 is 1.47 bits per heavy atom. The highest BCUT2D eigenvalue weighted by Crippen LogP contribution is 2.29. The number of nitrogens with zero attached hydrogens (tertiary/aromatic N) is 1. The summed E-state index contributed by atoms with van der Waals surface area (Å²) in [6, 6.07) is 7.29. The number of hydrogen-bond acceptors (Lipinski definition) is 2. The average Bonchev–Trinajstić information content (AvgIpc) is 2.18. The minimum atomic E-state index is -0.281. The molecule has 1 aromatic rings. The van der Waals surface area contributed by atoms with E-state index in [2.05, 4.69) is 6.07 Å². The van der Waals surface area contributed by atoms with E-state index in [-0.39, 0.29) is 5.60 Å². The fourth-order valence-electron chi connectivity index (χ4n) is 1.07. The monoisotopic (exact) mass is 223 g/mol. The molecule has 0 fully saturated rings. The van der Waals surface area contributed by atoms with Crippen molar-refractivity contribution in [1.29, 1.82) is 5.26 Å². The van der Waals surface area contributed by atoms with Gasteiger partial charge in [0.2, 0.25) is 0 Å². The molecule has 0 heterocycles. The van der Waals surface area contributed by atoms with Crippen molar-refractivity contribution >= 4 is 11.6 Å². The van der Waals surface area contributed by atoms with Crippen molar-refractivity contribution in [2.45, 2.75) is 32.8 Å². The molecule has 0 saturated heterocycles. The summed E-state index contributed by atoms with van der Waals surface area (Å²) in [4.78, 5) is 0. The second-order valence-electron chi connectivity index (χ2n) is 3.94. The van der Waals surface area contributed by atoms with Gasteiger partial charge in [-0.05, 0) is 32.4 Å². The molecule has 0 aromatic heterocycles. The lowest BCUT2D eigenvalue weighted by atomic mass is 10.1. The van der Waals surface area contributed by atoms with E-state index in [4.69, 9.17) is 21.6 Å². The topological polar surface area (TPSA) is 33.0 Å². The van der Waals surface area contributed by atoms with Crippen molar-refractivity contribution in [3.05, 3.63) is 28.8 Å². The van der Waals surface area contributed by atoms with E-state index in [1.165, 1.54) is 0 Å². The van der Waals surface area contributed by atoms with Crippen LogP contribution in [0, 0.1) is 11.3 Å². The molecule has 0 atom stereocenters. The Balaban J connectivity index is 3.06. The highest BCUT2D eigenvalue weighted by Gasteiger charge is 2.19. The molecule has 0 spiro atoms. The number of rotatable bonds is 3. The van der Waals surface area contributed by atoms with Crippen LogP contribution in [0.1, 0.15) is 32.8 Å². The van der Waals surface area contributed by atoms with Gasteiger partial charge in [-0.15, -0.1) is 0 Å². The van der Waals surface area contributed by atoms with Crippen molar-refractivity contribution in [2.75, 3.05) is 0 Å². The van der Waals surface area contributed by atoms with Gasteiger partial charge in [-0.3, -0.25) is 0 Å².